The van der Waals surface area contributed by atoms with Gasteiger partial charge in [-0.3, -0.25) is 9.59 Å². The Labute approximate surface area is 141 Å². The van der Waals surface area contributed by atoms with Gasteiger partial charge >= 0.3 is 5.97 Å². The molecule has 132 valence electrons. The number of carbonyl (C=O) groups excluding carboxylic acids is 1. The number of piperidine rings is 1. The second-order valence-corrected chi connectivity index (χ2v) is 8.01. The van der Waals surface area contributed by atoms with E-state index in [1.165, 1.54) is 17.0 Å². The summed E-state index contributed by atoms with van der Waals surface area (Å²) in [5.74, 6) is -1.15. The zero-order valence-electron chi connectivity index (χ0n) is 13.6. The van der Waals surface area contributed by atoms with Gasteiger partial charge in [-0.25, -0.2) is 13.1 Å². The van der Waals surface area contributed by atoms with Crippen LogP contribution in [0.5, 0.6) is 0 Å². The van der Waals surface area contributed by atoms with E-state index < -0.39 is 21.4 Å². The highest BCUT2D eigenvalue weighted by Crippen LogP contribution is 2.29. The quantitative estimate of drug-likeness (QED) is 0.795. The molecule has 1 aromatic rings. The summed E-state index contributed by atoms with van der Waals surface area (Å²) >= 11 is 0. The molecule has 8 heteroatoms. The molecule has 1 unspecified atom stereocenters. The summed E-state index contributed by atoms with van der Waals surface area (Å²) in [5, 5.41) is 9.28. The predicted molar refractivity (Wildman–Crippen MR) is 87.8 cm³/mol. The second-order valence-electron chi connectivity index (χ2n) is 6.25. The highest BCUT2D eigenvalue weighted by Gasteiger charge is 2.39. The maximum atomic E-state index is 12.2. The Bertz CT molecular complexity index is 704. The zero-order chi connectivity index (χ0) is 17.8. The number of nitrogens with zero attached hydrogens (tertiary/aromatic N) is 1. The van der Waals surface area contributed by atoms with E-state index in [9.17, 15) is 23.1 Å². The topological polar surface area (TPSA) is 104 Å². The summed E-state index contributed by atoms with van der Waals surface area (Å²) in [6.07, 6.45) is 1.17. The monoisotopic (exact) mass is 354 g/mol. The molecule has 1 fully saturated rings. The number of rotatable bonds is 6. The molecule has 0 bridgehead atoms. The smallest absolute Gasteiger partial charge is 0.311 e. The first-order valence-corrected chi connectivity index (χ1v) is 9.29. The van der Waals surface area contributed by atoms with Gasteiger partial charge in [-0.15, -0.1) is 0 Å². The van der Waals surface area contributed by atoms with Crippen molar-refractivity contribution in [1.29, 1.82) is 0 Å². The highest BCUT2D eigenvalue weighted by atomic mass is 32.2. The van der Waals surface area contributed by atoms with Gasteiger partial charge in [0.15, 0.2) is 0 Å². The lowest BCUT2D eigenvalue weighted by molar-refractivity contribution is -0.153. The molecule has 1 atom stereocenters. The maximum Gasteiger partial charge on any atom is 0.311 e. The number of hydrogen-bond donors (Lipinski definition) is 2. The normalized spacial score (nSPS) is 21.5. The third-order valence-corrected chi connectivity index (χ3v) is 5.73. The Kier molecular flexibility index (Phi) is 5.61. The van der Waals surface area contributed by atoms with Gasteiger partial charge in [0.2, 0.25) is 15.9 Å². The average molecular weight is 354 g/mol. The zero-order valence-corrected chi connectivity index (χ0v) is 14.4. The molecule has 0 aromatic heterocycles. The summed E-state index contributed by atoms with van der Waals surface area (Å²) < 4.78 is 26.5. The molecule has 7 nitrogen and oxygen atoms in total. The fourth-order valence-corrected chi connectivity index (χ4v) is 3.81. The molecular weight excluding hydrogens is 332 g/mol. The number of amides is 1. The van der Waals surface area contributed by atoms with Crippen LogP contribution < -0.4 is 4.72 Å². The van der Waals surface area contributed by atoms with Crippen molar-refractivity contribution in [2.75, 3.05) is 19.6 Å². The number of aliphatic carboxylic acids is 1. The Morgan fingerprint density at radius 3 is 2.58 bits per heavy atom. The van der Waals surface area contributed by atoms with E-state index in [1.54, 1.807) is 25.1 Å². The van der Waals surface area contributed by atoms with Crippen LogP contribution in [0.25, 0.3) is 0 Å². The molecule has 2 N–H and O–H groups in total. The lowest BCUT2D eigenvalue weighted by Crippen LogP contribution is -2.48. The molecule has 1 aromatic carbocycles. The van der Waals surface area contributed by atoms with E-state index in [4.69, 9.17) is 0 Å². The summed E-state index contributed by atoms with van der Waals surface area (Å²) in [6, 6.07) is 7.93. The van der Waals surface area contributed by atoms with E-state index in [-0.39, 0.29) is 30.3 Å². The standard InChI is InChI=1S/C16H22N2O5S/c1-16(15(20)21)9-5-11-18(12-16)14(19)8-10-17-24(22,23)13-6-3-2-4-7-13/h2-4,6-7,17H,5,8-12H2,1H3,(H,20,21). The van der Waals surface area contributed by atoms with E-state index in [0.29, 0.717) is 19.4 Å². The molecular formula is C16H22N2O5S. The van der Waals surface area contributed by atoms with Crippen molar-refractivity contribution in [3.63, 3.8) is 0 Å². The van der Waals surface area contributed by atoms with Crippen molar-refractivity contribution in [2.45, 2.75) is 31.1 Å². The van der Waals surface area contributed by atoms with Crippen molar-refractivity contribution < 1.29 is 23.1 Å². The van der Waals surface area contributed by atoms with Crippen LogP contribution in [0.2, 0.25) is 0 Å². The van der Waals surface area contributed by atoms with Crippen molar-refractivity contribution in [1.82, 2.24) is 9.62 Å². The molecule has 0 spiro atoms. The van der Waals surface area contributed by atoms with Crippen molar-refractivity contribution >= 4 is 21.9 Å². The van der Waals surface area contributed by atoms with E-state index in [0.717, 1.165) is 0 Å². The summed E-state index contributed by atoms with van der Waals surface area (Å²) in [5.41, 5.74) is -0.933. The van der Waals surface area contributed by atoms with Crippen LogP contribution >= 0.6 is 0 Å². The minimum Gasteiger partial charge on any atom is -0.481 e. The predicted octanol–water partition coefficient (Wildman–Crippen LogP) is 1.07. The average Bonchev–Trinajstić information content (AvgIpc) is 2.55. The van der Waals surface area contributed by atoms with Crippen LogP contribution in [-0.2, 0) is 19.6 Å². The van der Waals surface area contributed by atoms with E-state index in [2.05, 4.69) is 4.72 Å². The molecule has 24 heavy (non-hydrogen) atoms. The number of sulfonamides is 1. The van der Waals surface area contributed by atoms with Crippen LogP contribution in [0.4, 0.5) is 0 Å². The number of carboxylic acids is 1. The number of carboxylic acid groups (broad SMARTS) is 1. The van der Waals surface area contributed by atoms with Gasteiger partial charge in [0.25, 0.3) is 0 Å². The summed E-state index contributed by atoms with van der Waals surface area (Å²) in [6.45, 7) is 2.28. The lowest BCUT2D eigenvalue weighted by Gasteiger charge is -2.37. The number of likely N-dealkylation sites (tertiary alicyclic amines) is 1. The highest BCUT2D eigenvalue weighted by molar-refractivity contribution is 7.89. The minimum atomic E-state index is -3.64. The first-order chi connectivity index (χ1) is 11.2. The maximum absolute atomic E-state index is 12.2. The lowest BCUT2D eigenvalue weighted by atomic mass is 9.82. The molecule has 0 aliphatic carbocycles. The van der Waals surface area contributed by atoms with Gasteiger partial charge in [0, 0.05) is 26.1 Å². The second kappa shape index (κ2) is 7.31. The van der Waals surface area contributed by atoms with Gasteiger partial charge in [-0.1, -0.05) is 18.2 Å². The Balaban J connectivity index is 1.88. The summed E-state index contributed by atoms with van der Waals surface area (Å²) in [4.78, 5) is 25.2. The first-order valence-electron chi connectivity index (χ1n) is 7.80. The number of carbonyl (C=O) groups is 2. The molecule has 1 aliphatic heterocycles. The van der Waals surface area contributed by atoms with Crippen molar-refractivity contribution in [2.24, 2.45) is 5.41 Å². The van der Waals surface area contributed by atoms with Gasteiger partial charge in [0.05, 0.1) is 10.3 Å². The van der Waals surface area contributed by atoms with Gasteiger partial charge in [-0.05, 0) is 31.9 Å². The van der Waals surface area contributed by atoms with Crippen molar-refractivity contribution in [3.8, 4) is 0 Å². The third kappa shape index (κ3) is 4.33. The van der Waals surface area contributed by atoms with Gasteiger partial charge < -0.3 is 10.0 Å². The van der Waals surface area contributed by atoms with Crippen LogP contribution in [0.3, 0.4) is 0 Å². The Morgan fingerprint density at radius 1 is 1.29 bits per heavy atom. The SMILES string of the molecule is CC1(C(=O)O)CCCN(C(=O)CCNS(=O)(=O)c2ccccc2)C1. The number of benzene rings is 1. The molecule has 1 amide bonds. The Hall–Kier alpha value is -1.93. The van der Waals surface area contributed by atoms with Gasteiger partial charge in [-0.2, -0.15) is 0 Å². The Morgan fingerprint density at radius 2 is 1.96 bits per heavy atom. The van der Waals surface area contributed by atoms with Crippen LogP contribution in [0.1, 0.15) is 26.2 Å². The van der Waals surface area contributed by atoms with Crippen LogP contribution in [-0.4, -0.2) is 49.9 Å². The molecule has 2 rings (SSSR count). The van der Waals surface area contributed by atoms with Crippen molar-refractivity contribution in [3.05, 3.63) is 30.3 Å². The first kappa shape index (κ1) is 18.4. The largest absolute Gasteiger partial charge is 0.481 e. The number of hydrogen-bond acceptors (Lipinski definition) is 4. The molecule has 1 saturated heterocycles. The fraction of sp³-hybridized carbons (Fsp3) is 0.500. The molecule has 0 saturated carbocycles. The molecule has 1 aliphatic rings. The van der Waals surface area contributed by atoms with E-state index in [1.807, 2.05) is 0 Å². The third-order valence-electron chi connectivity index (χ3n) is 4.25. The van der Waals surface area contributed by atoms with E-state index >= 15 is 0 Å². The summed E-state index contributed by atoms with van der Waals surface area (Å²) in [7, 11) is -3.64. The number of nitrogens with one attached hydrogen (secondary N) is 1. The minimum absolute atomic E-state index is 0.00175. The molecule has 0 radical (unpaired) electrons. The van der Waals surface area contributed by atoms with Crippen LogP contribution in [0, 0.1) is 5.41 Å². The fourth-order valence-electron chi connectivity index (χ4n) is 2.76. The van der Waals surface area contributed by atoms with Gasteiger partial charge in [0.1, 0.15) is 0 Å². The van der Waals surface area contributed by atoms with Crippen LogP contribution in [0.15, 0.2) is 35.2 Å². The molecule has 1 heterocycles.